The second-order valence-electron chi connectivity index (χ2n) is 2.85. The number of rotatable bonds is 6. The summed E-state index contributed by atoms with van der Waals surface area (Å²) in [4.78, 5) is 38.7. The zero-order valence-corrected chi connectivity index (χ0v) is 15.1. The van der Waals surface area contributed by atoms with Gasteiger partial charge in [0, 0.05) is 24.2 Å². The van der Waals surface area contributed by atoms with Gasteiger partial charge in [-0.2, -0.15) is 0 Å². The molecule has 0 aromatic rings. The third-order valence-electron chi connectivity index (χ3n) is 1.33. The molecule has 102 valence electrons. The fourth-order valence-corrected chi connectivity index (χ4v) is 0.534. The van der Waals surface area contributed by atoms with Crippen LogP contribution >= 0.6 is 0 Å². The normalized spacial score (nSPS) is 10.1. The smallest absolute Gasteiger partial charge is 0.550 e. The van der Waals surface area contributed by atoms with E-state index in [1.54, 1.807) is 0 Å². The SMILES string of the molecule is N[C@@H](CCC(=O)[O-])C(=O)[O-].O=C(O)/C=C/C(=O)O.[Na+].[Na+]. The molecule has 0 spiro atoms. The average molecular weight is 307 g/mol. The molecule has 0 aromatic heterocycles. The summed E-state index contributed by atoms with van der Waals surface area (Å²) in [6.07, 6.45) is 0.616. The Kier molecular flexibility index (Phi) is 23.2. The van der Waals surface area contributed by atoms with Gasteiger partial charge >= 0.3 is 71.1 Å². The van der Waals surface area contributed by atoms with Crippen LogP contribution in [0, 0.1) is 0 Å². The van der Waals surface area contributed by atoms with Gasteiger partial charge in [-0.05, 0) is 12.8 Å². The minimum atomic E-state index is -1.44. The quantitative estimate of drug-likeness (QED) is 0.317. The maximum Gasteiger partial charge on any atom is 1.00 e. The van der Waals surface area contributed by atoms with Crippen molar-refractivity contribution in [3.05, 3.63) is 12.2 Å². The molecule has 0 saturated heterocycles. The number of hydrogen-bond acceptors (Lipinski definition) is 7. The summed E-state index contributed by atoms with van der Waals surface area (Å²) in [6, 6.07) is -1.21. The third kappa shape index (κ3) is 26.2. The first-order valence-electron chi connectivity index (χ1n) is 4.47. The van der Waals surface area contributed by atoms with E-state index in [1.807, 2.05) is 0 Å². The number of carbonyl (C=O) groups is 4. The average Bonchev–Trinajstić information content (AvgIpc) is 2.23. The Morgan fingerprint density at radius 1 is 1.00 bits per heavy atom. The number of carbonyl (C=O) groups excluding carboxylic acids is 2. The van der Waals surface area contributed by atoms with Crippen LogP contribution in [-0.4, -0.2) is 40.1 Å². The number of hydrogen-bond donors (Lipinski definition) is 3. The molecular weight excluding hydrogens is 296 g/mol. The Balaban J connectivity index is -0.000000119. The summed E-state index contributed by atoms with van der Waals surface area (Å²) in [6.45, 7) is 0. The minimum absolute atomic E-state index is 0. The molecule has 0 aliphatic heterocycles. The van der Waals surface area contributed by atoms with E-state index in [-0.39, 0.29) is 72.0 Å². The maximum atomic E-state index is 9.86. The van der Waals surface area contributed by atoms with Crippen LogP contribution < -0.4 is 75.1 Å². The van der Waals surface area contributed by atoms with Crippen molar-refractivity contribution in [2.75, 3.05) is 0 Å². The van der Waals surface area contributed by atoms with Crippen molar-refractivity contribution in [1.82, 2.24) is 0 Å². The summed E-state index contributed by atoms with van der Waals surface area (Å²) in [5.74, 6) is -5.27. The molecule has 0 fully saturated rings. The van der Waals surface area contributed by atoms with E-state index in [1.165, 1.54) is 0 Å². The molecule has 0 heterocycles. The topological polar surface area (TPSA) is 181 Å². The second-order valence-corrected chi connectivity index (χ2v) is 2.85. The van der Waals surface area contributed by atoms with Gasteiger partial charge in [0.25, 0.3) is 0 Å². The van der Waals surface area contributed by atoms with E-state index in [0.29, 0.717) is 12.2 Å². The summed E-state index contributed by atoms with van der Waals surface area (Å²) in [5.41, 5.74) is 4.91. The fourth-order valence-electron chi connectivity index (χ4n) is 0.534. The van der Waals surface area contributed by atoms with E-state index in [0.717, 1.165) is 0 Å². The zero-order valence-electron chi connectivity index (χ0n) is 11.1. The number of aliphatic carboxylic acids is 4. The Morgan fingerprint density at radius 2 is 1.35 bits per heavy atom. The molecular formula is C9H11NNa2O8. The number of nitrogens with two attached hydrogens (primary N) is 1. The standard InChI is InChI=1S/C5H9NO4.C4H4O4.2Na/c6-3(5(9)10)1-2-4(7)8;5-3(6)1-2-4(7)8;;/h3H,1-2,6H2,(H,7,8)(H,9,10);1-2H,(H,5,6)(H,7,8);;/q;;2*+1/p-2/b;2-1+;;/t3-;;;/m0.../s1. The van der Waals surface area contributed by atoms with Gasteiger partial charge in [-0.25, -0.2) is 9.59 Å². The predicted octanol–water partition coefficient (Wildman–Crippen LogP) is -9.69. The van der Waals surface area contributed by atoms with Gasteiger partial charge in [0.1, 0.15) is 0 Å². The molecule has 0 aliphatic rings. The van der Waals surface area contributed by atoms with E-state index in [9.17, 15) is 29.4 Å². The van der Waals surface area contributed by atoms with Gasteiger partial charge in [-0.15, -0.1) is 0 Å². The van der Waals surface area contributed by atoms with Gasteiger partial charge in [-0.1, -0.05) is 0 Å². The van der Waals surface area contributed by atoms with Crippen molar-refractivity contribution in [2.24, 2.45) is 5.73 Å². The largest absolute Gasteiger partial charge is 1.00 e. The van der Waals surface area contributed by atoms with Gasteiger partial charge in [-0.3, -0.25) is 0 Å². The maximum absolute atomic E-state index is 9.86. The van der Waals surface area contributed by atoms with Crippen molar-refractivity contribution >= 4 is 23.9 Å². The zero-order chi connectivity index (χ0) is 14.7. The van der Waals surface area contributed by atoms with Crippen LogP contribution in [0.4, 0.5) is 0 Å². The summed E-state index contributed by atoms with van der Waals surface area (Å²) in [5, 5.41) is 35.2. The molecule has 0 aliphatic carbocycles. The minimum Gasteiger partial charge on any atom is -0.550 e. The van der Waals surface area contributed by atoms with Crippen molar-refractivity contribution in [1.29, 1.82) is 0 Å². The summed E-state index contributed by atoms with van der Waals surface area (Å²) < 4.78 is 0. The van der Waals surface area contributed by atoms with Crippen molar-refractivity contribution in [3.8, 4) is 0 Å². The molecule has 0 unspecified atom stereocenters. The van der Waals surface area contributed by atoms with E-state index >= 15 is 0 Å². The van der Waals surface area contributed by atoms with Gasteiger partial charge in [0.15, 0.2) is 0 Å². The molecule has 0 bridgehead atoms. The molecule has 9 nitrogen and oxygen atoms in total. The van der Waals surface area contributed by atoms with E-state index in [2.05, 4.69) is 0 Å². The molecule has 20 heavy (non-hydrogen) atoms. The Bertz CT molecular complexity index is 342. The molecule has 4 N–H and O–H groups in total. The summed E-state index contributed by atoms with van der Waals surface area (Å²) in [7, 11) is 0. The number of carboxylic acids is 4. The molecule has 0 aromatic carbocycles. The monoisotopic (exact) mass is 307 g/mol. The Labute approximate surface area is 158 Å². The van der Waals surface area contributed by atoms with E-state index in [4.69, 9.17) is 15.9 Å². The first kappa shape index (κ1) is 27.8. The van der Waals surface area contributed by atoms with Crippen LogP contribution in [0.25, 0.3) is 0 Å². The number of carboxylic acid groups (broad SMARTS) is 4. The van der Waals surface area contributed by atoms with Gasteiger partial charge in [0.05, 0.1) is 5.97 Å². The molecule has 0 radical (unpaired) electrons. The van der Waals surface area contributed by atoms with Crippen LogP contribution in [0.3, 0.4) is 0 Å². The second kappa shape index (κ2) is 16.6. The third-order valence-corrected chi connectivity index (χ3v) is 1.33. The van der Waals surface area contributed by atoms with Crippen molar-refractivity contribution in [2.45, 2.75) is 18.9 Å². The van der Waals surface area contributed by atoms with Crippen LogP contribution in [0.15, 0.2) is 12.2 Å². The fraction of sp³-hybridized carbons (Fsp3) is 0.333. The molecule has 0 amide bonds. The Morgan fingerprint density at radius 3 is 1.55 bits per heavy atom. The van der Waals surface area contributed by atoms with Crippen LogP contribution in [0.5, 0.6) is 0 Å². The first-order chi connectivity index (χ1) is 8.16. The summed E-state index contributed by atoms with van der Waals surface area (Å²) >= 11 is 0. The van der Waals surface area contributed by atoms with Crippen LogP contribution in [0.1, 0.15) is 12.8 Å². The predicted molar refractivity (Wildman–Crippen MR) is 51.6 cm³/mol. The van der Waals surface area contributed by atoms with Crippen molar-refractivity contribution in [3.63, 3.8) is 0 Å². The van der Waals surface area contributed by atoms with Crippen molar-refractivity contribution < 1.29 is 98.7 Å². The van der Waals surface area contributed by atoms with Gasteiger partial charge in [0.2, 0.25) is 0 Å². The molecule has 11 heteroatoms. The Hall–Kier alpha value is -0.420. The first-order valence-corrected chi connectivity index (χ1v) is 4.47. The van der Waals surface area contributed by atoms with E-state index < -0.39 is 29.9 Å². The van der Waals surface area contributed by atoms with Crippen LogP contribution in [-0.2, 0) is 19.2 Å². The molecule has 0 rings (SSSR count). The van der Waals surface area contributed by atoms with Gasteiger partial charge < -0.3 is 35.7 Å². The molecule has 1 atom stereocenters. The van der Waals surface area contributed by atoms with Crippen LogP contribution in [0.2, 0.25) is 0 Å². The molecule has 0 saturated carbocycles.